The lowest BCUT2D eigenvalue weighted by Gasteiger charge is -2.12. The number of benzene rings is 2. The molecule has 28 heavy (non-hydrogen) atoms. The molecular weight excluding hydrogens is 483 g/mol. The third-order valence-electron chi connectivity index (χ3n) is 4.30. The van der Waals surface area contributed by atoms with Crippen LogP contribution in [-0.4, -0.2) is 38.2 Å². The van der Waals surface area contributed by atoms with Crippen LogP contribution in [0.4, 0.5) is 0 Å². The first kappa shape index (κ1) is 22.4. The standard InChI is InChI=1S/C21H26N4OS.HI/c1-22-21(24-15-13-16-8-3-5-10-18(16)26-2)23-14-7-12-20-25-17-9-4-6-11-19(17)27-20;/h3-6,8-11H,7,12-15H2,1-2H3,(H2,22,23,24);1H. The molecular formula is C21H27IN4OS. The summed E-state index contributed by atoms with van der Waals surface area (Å²) in [5.41, 5.74) is 2.29. The molecule has 5 nitrogen and oxygen atoms in total. The van der Waals surface area contributed by atoms with Gasteiger partial charge in [0.15, 0.2) is 5.96 Å². The van der Waals surface area contributed by atoms with Gasteiger partial charge in [-0.1, -0.05) is 30.3 Å². The lowest BCUT2D eigenvalue weighted by Crippen LogP contribution is -2.38. The molecule has 0 atom stereocenters. The molecule has 0 amide bonds. The highest BCUT2D eigenvalue weighted by atomic mass is 127. The first-order valence-electron chi connectivity index (χ1n) is 9.21. The number of halogens is 1. The number of thiazole rings is 1. The molecule has 0 fully saturated rings. The smallest absolute Gasteiger partial charge is 0.190 e. The van der Waals surface area contributed by atoms with Crippen molar-refractivity contribution in [3.63, 3.8) is 0 Å². The van der Waals surface area contributed by atoms with Gasteiger partial charge in [0.2, 0.25) is 0 Å². The zero-order valence-electron chi connectivity index (χ0n) is 16.3. The third-order valence-corrected chi connectivity index (χ3v) is 5.40. The molecule has 3 aromatic rings. The quantitative estimate of drug-likeness (QED) is 0.206. The van der Waals surface area contributed by atoms with E-state index in [2.05, 4.69) is 44.9 Å². The van der Waals surface area contributed by atoms with Gasteiger partial charge in [0.1, 0.15) is 5.75 Å². The highest BCUT2D eigenvalue weighted by Gasteiger charge is 2.04. The van der Waals surface area contributed by atoms with Crippen molar-refractivity contribution in [2.45, 2.75) is 19.3 Å². The fourth-order valence-corrected chi connectivity index (χ4v) is 3.93. The molecule has 150 valence electrons. The highest BCUT2D eigenvalue weighted by molar-refractivity contribution is 14.0. The van der Waals surface area contributed by atoms with E-state index in [1.807, 2.05) is 24.3 Å². The third kappa shape index (κ3) is 6.34. The van der Waals surface area contributed by atoms with Crippen LogP contribution >= 0.6 is 35.3 Å². The second-order valence-corrected chi connectivity index (χ2v) is 7.28. The number of rotatable bonds is 8. The molecule has 0 unspecified atom stereocenters. The minimum atomic E-state index is 0. The van der Waals surface area contributed by atoms with Crippen LogP contribution < -0.4 is 15.4 Å². The van der Waals surface area contributed by atoms with Crippen molar-refractivity contribution in [3.8, 4) is 5.75 Å². The molecule has 0 aliphatic rings. The molecule has 0 radical (unpaired) electrons. The van der Waals surface area contributed by atoms with Crippen LogP contribution in [0.15, 0.2) is 53.5 Å². The van der Waals surface area contributed by atoms with E-state index in [1.165, 1.54) is 15.3 Å². The van der Waals surface area contributed by atoms with Gasteiger partial charge in [0.05, 0.1) is 22.3 Å². The number of hydrogen-bond donors (Lipinski definition) is 2. The van der Waals surface area contributed by atoms with E-state index in [0.717, 1.165) is 49.6 Å². The maximum atomic E-state index is 5.39. The Hall–Kier alpha value is -1.87. The summed E-state index contributed by atoms with van der Waals surface area (Å²) in [7, 11) is 3.50. The van der Waals surface area contributed by atoms with E-state index < -0.39 is 0 Å². The highest BCUT2D eigenvalue weighted by Crippen LogP contribution is 2.22. The Morgan fingerprint density at radius 2 is 1.79 bits per heavy atom. The van der Waals surface area contributed by atoms with E-state index >= 15 is 0 Å². The maximum absolute atomic E-state index is 5.39. The maximum Gasteiger partial charge on any atom is 0.190 e. The van der Waals surface area contributed by atoms with Crippen molar-refractivity contribution in [3.05, 3.63) is 59.1 Å². The van der Waals surface area contributed by atoms with Crippen LogP contribution in [0, 0.1) is 0 Å². The second kappa shape index (κ2) is 11.9. The summed E-state index contributed by atoms with van der Waals surface area (Å²) in [6, 6.07) is 16.4. The average molecular weight is 510 g/mol. The lowest BCUT2D eigenvalue weighted by atomic mass is 10.1. The van der Waals surface area contributed by atoms with Gasteiger partial charge >= 0.3 is 0 Å². The summed E-state index contributed by atoms with van der Waals surface area (Å²) in [6.45, 7) is 1.67. The van der Waals surface area contributed by atoms with Crippen molar-refractivity contribution in [2.24, 2.45) is 4.99 Å². The van der Waals surface area contributed by atoms with Gasteiger partial charge in [-0.15, -0.1) is 35.3 Å². The minimum Gasteiger partial charge on any atom is -0.496 e. The van der Waals surface area contributed by atoms with Gasteiger partial charge in [-0.25, -0.2) is 4.98 Å². The first-order chi connectivity index (χ1) is 13.3. The number of aryl methyl sites for hydroxylation is 1. The van der Waals surface area contributed by atoms with Gasteiger partial charge in [-0.2, -0.15) is 0 Å². The Morgan fingerprint density at radius 3 is 2.57 bits per heavy atom. The molecule has 0 spiro atoms. The molecule has 7 heteroatoms. The minimum absolute atomic E-state index is 0. The van der Waals surface area contributed by atoms with E-state index in [4.69, 9.17) is 4.74 Å². The topological polar surface area (TPSA) is 58.5 Å². The summed E-state index contributed by atoms with van der Waals surface area (Å²) in [5.74, 6) is 1.76. The lowest BCUT2D eigenvalue weighted by molar-refractivity contribution is 0.409. The zero-order chi connectivity index (χ0) is 18.9. The molecule has 0 aliphatic carbocycles. The summed E-state index contributed by atoms with van der Waals surface area (Å²) < 4.78 is 6.65. The van der Waals surface area contributed by atoms with Crippen molar-refractivity contribution in [2.75, 3.05) is 27.2 Å². The van der Waals surface area contributed by atoms with Gasteiger partial charge in [0.25, 0.3) is 0 Å². The van der Waals surface area contributed by atoms with Gasteiger partial charge in [-0.3, -0.25) is 4.99 Å². The molecule has 2 N–H and O–H groups in total. The number of aromatic nitrogens is 1. The van der Waals surface area contributed by atoms with Crippen LogP contribution in [0.3, 0.4) is 0 Å². The van der Waals surface area contributed by atoms with Crippen LogP contribution in [0.25, 0.3) is 10.2 Å². The number of nitrogens with zero attached hydrogens (tertiary/aromatic N) is 2. The molecule has 1 heterocycles. The molecule has 0 saturated heterocycles. The van der Waals surface area contributed by atoms with Crippen LogP contribution in [0.1, 0.15) is 17.0 Å². The molecule has 0 saturated carbocycles. The van der Waals surface area contributed by atoms with Crippen LogP contribution in [0.2, 0.25) is 0 Å². The fraction of sp³-hybridized carbons (Fsp3) is 0.333. The van der Waals surface area contributed by atoms with E-state index in [1.54, 1.807) is 25.5 Å². The summed E-state index contributed by atoms with van der Waals surface area (Å²) >= 11 is 1.78. The number of nitrogens with one attached hydrogen (secondary N) is 2. The number of ether oxygens (including phenoxy) is 1. The van der Waals surface area contributed by atoms with E-state index in [-0.39, 0.29) is 24.0 Å². The largest absolute Gasteiger partial charge is 0.496 e. The van der Waals surface area contributed by atoms with Crippen molar-refractivity contribution in [1.82, 2.24) is 15.6 Å². The predicted molar refractivity (Wildman–Crippen MR) is 129 cm³/mol. The summed E-state index contributed by atoms with van der Waals surface area (Å²) in [4.78, 5) is 8.97. The predicted octanol–water partition coefficient (Wildman–Crippen LogP) is 4.26. The Kier molecular flexibility index (Phi) is 9.49. The number of methoxy groups -OCH3 is 1. The Balaban J connectivity index is 0.00000280. The second-order valence-electron chi connectivity index (χ2n) is 6.17. The average Bonchev–Trinajstić information content (AvgIpc) is 3.13. The van der Waals surface area contributed by atoms with Gasteiger partial charge in [-0.05, 0) is 36.6 Å². The SMILES string of the molecule is CN=C(NCCCc1nc2ccccc2s1)NCCc1ccccc1OC.I. The Labute approximate surface area is 187 Å². The number of guanidine groups is 1. The Morgan fingerprint density at radius 1 is 1.04 bits per heavy atom. The normalized spacial score (nSPS) is 11.1. The monoisotopic (exact) mass is 510 g/mol. The van der Waals surface area contributed by atoms with Gasteiger partial charge in [0, 0.05) is 26.6 Å². The molecule has 1 aromatic heterocycles. The fourth-order valence-electron chi connectivity index (χ4n) is 2.92. The molecule has 3 rings (SSSR count). The molecule has 0 aliphatic heterocycles. The molecule has 2 aromatic carbocycles. The van der Waals surface area contributed by atoms with Crippen molar-refractivity contribution >= 4 is 51.5 Å². The van der Waals surface area contributed by atoms with Crippen molar-refractivity contribution in [1.29, 1.82) is 0 Å². The van der Waals surface area contributed by atoms with Crippen LogP contribution in [0.5, 0.6) is 5.75 Å². The number of aliphatic imine (C=N–C) groups is 1. The first-order valence-corrected chi connectivity index (χ1v) is 10.0. The summed E-state index contributed by atoms with van der Waals surface area (Å²) in [5, 5.41) is 7.92. The number of para-hydroxylation sites is 2. The number of fused-ring (bicyclic) bond motifs is 1. The zero-order valence-corrected chi connectivity index (χ0v) is 19.4. The number of hydrogen-bond acceptors (Lipinski definition) is 4. The van der Waals surface area contributed by atoms with Crippen molar-refractivity contribution < 1.29 is 4.74 Å². The van der Waals surface area contributed by atoms with E-state index in [9.17, 15) is 0 Å². The van der Waals surface area contributed by atoms with E-state index in [0.29, 0.717) is 0 Å². The Bertz CT molecular complexity index is 864. The molecule has 0 bridgehead atoms. The van der Waals surface area contributed by atoms with Gasteiger partial charge < -0.3 is 15.4 Å². The van der Waals surface area contributed by atoms with Crippen LogP contribution in [-0.2, 0) is 12.8 Å². The summed E-state index contributed by atoms with van der Waals surface area (Å²) in [6.07, 6.45) is 2.88.